The standard InChI is InChI=1S/C17H21NO5/c1-4-5-6-9-10-7-23-8-11(10)13(17(21)22-3)14-12(9)15(19)18(2)16(14)20/h6,12-14H,4-5,7-8H2,1-3H3/b9-6+/t12-,13+,14-/m0/s1. The molecule has 0 radical (unpaired) electrons. The summed E-state index contributed by atoms with van der Waals surface area (Å²) in [5, 5.41) is 0. The molecule has 23 heavy (non-hydrogen) atoms. The van der Waals surface area contributed by atoms with Gasteiger partial charge < -0.3 is 9.47 Å². The number of carbonyl (C=O) groups is 3. The predicted molar refractivity (Wildman–Crippen MR) is 81.1 cm³/mol. The fraction of sp³-hybridized carbons (Fsp3) is 0.588. The first-order valence-corrected chi connectivity index (χ1v) is 7.92. The Kier molecular flexibility index (Phi) is 4.10. The third-order valence-electron chi connectivity index (χ3n) is 4.99. The van der Waals surface area contributed by atoms with Gasteiger partial charge in [0.25, 0.3) is 0 Å². The molecule has 6 heteroatoms. The van der Waals surface area contributed by atoms with Crippen LogP contribution in [0.2, 0.25) is 0 Å². The Morgan fingerprint density at radius 3 is 2.74 bits per heavy atom. The summed E-state index contributed by atoms with van der Waals surface area (Å²) in [5.41, 5.74) is 2.58. The second-order valence-corrected chi connectivity index (χ2v) is 6.18. The molecular weight excluding hydrogens is 298 g/mol. The topological polar surface area (TPSA) is 72.9 Å². The average Bonchev–Trinajstić information content (AvgIpc) is 3.11. The first-order chi connectivity index (χ1) is 11.0. The minimum Gasteiger partial charge on any atom is -0.469 e. The number of nitrogens with zero attached hydrogens (tertiary/aromatic N) is 1. The SMILES string of the molecule is CCC/C=C1\C2=C(COC2)[C@@H](C(=O)OC)[C@H]2C(=O)N(C)C(=O)[C@@H]12. The van der Waals surface area contributed by atoms with E-state index in [0.29, 0.717) is 13.2 Å². The zero-order valence-electron chi connectivity index (χ0n) is 13.6. The number of imide groups is 1. The van der Waals surface area contributed by atoms with Crippen LogP contribution < -0.4 is 0 Å². The Balaban J connectivity index is 2.17. The first-order valence-electron chi connectivity index (χ1n) is 7.92. The normalized spacial score (nSPS) is 31.7. The van der Waals surface area contributed by atoms with Gasteiger partial charge in [-0.15, -0.1) is 0 Å². The molecule has 0 spiro atoms. The minimum absolute atomic E-state index is 0.241. The van der Waals surface area contributed by atoms with Gasteiger partial charge in [0.2, 0.25) is 11.8 Å². The highest BCUT2D eigenvalue weighted by Crippen LogP contribution is 2.49. The van der Waals surface area contributed by atoms with Crippen molar-refractivity contribution in [2.75, 3.05) is 27.4 Å². The molecule has 124 valence electrons. The van der Waals surface area contributed by atoms with E-state index in [-0.39, 0.29) is 11.8 Å². The number of fused-ring (bicyclic) bond motifs is 1. The lowest BCUT2D eigenvalue weighted by atomic mass is 9.68. The quantitative estimate of drug-likeness (QED) is 0.575. The second-order valence-electron chi connectivity index (χ2n) is 6.18. The maximum atomic E-state index is 12.6. The van der Waals surface area contributed by atoms with Crippen LogP contribution in [0.15, 0.2) is 22.8 Å². The molecule has 2 heterocycles. The number of amides is 2. The van der Waals surface area contributed by atoms with Gasteiger partial charge in [-0.1, -0.05) is 19.4 Å². The molecule has 0 aromatic carbocycles. The molecule has 0 aromatic rings. The summed E-state index contributed by atoms with van der Waals surface area (Å²) in [7, 11) is 2.79. The van der Waals surface area contributed by atoms with Crippen LogP contribution in [-0.4, -0.2) is 50.1 Å². The van der Waals surface area contributed by atoms with Crippen LogP contribution in [0.3, 0.4) is 0 Å². The van der Waals surface area contributed by atoms with Crippen LogP contribution in [0.5, 0.6) is 0 Å². The molecule has 2 amide bonds. The lowest BCUT2D eigenvalue weighted by Crippen LogP contribution is -2.39. The number of methoxy groups -OCH3 is 1. The number of ether oxygens (including phenoxy) is 2. The van der Waals surface area contributed by atoms with Gasteiger partial charge in [-0.25, -0.2) is 0 Å². The summed E-state index contributed by atoms with van der Waals surface area (Å²) >= 11 is 0. The summed E-state index contributed by atoms with van der Waals surface area (Å²) in [4.78, 5) is 38.7. The van der Waals surface area contributed by atoms with Crippen LogP contribution in [0.1, 0.15) is 19.8 Å². The molecule has 0 N–H and O–H groups in total. The van der Waals surface area contributed by atoms with Crippen molar-refractivity contribution in [3.05, 3.63) is 22.8 Å². The molecule has 1 saturated heterocycles. The second kappa shape index (κ2) is 5.92. The Morgan fingerprint density at radius 1 is 1.35 bits per heavy atom. The van der Waals surface area contributed by atoms with Gasteiger partial charge >= 0.3 is 5.97 Å². The van der Waals surface area contributed by atoms with Crippen molar-refractivity contribution in [3.8, 4) is 0 Å². The van der Waals surface area contributed by atoms with Gasteiger partial charge in [-0.05, 0) is 23.1 Å². The molecule has 2 aliphatic heterocycles. The molecule has 1 aliphatic carbocycles. The number of esters is 1. The number of likely N-dealkylation sites (tertiary alicyclic amines) is 1. The van der Waals surface area contributed by atoms with Crippen LogP contribution in [0.25, 0.3) is 0 Å². The highest BCUT2D eigenvalue weighted by atomic mass is 16.5. The number of hydrogen-bond donors (Lipinski definition) is 0. The molecule has 1 fully saturated rings. The number of unbranched alkanes of at least 4 members (excludes halogenated alkanes) is 1. The highest BCUT2D eigenvalue weighted by Gasteiger charge is 2.58. The van der Waals surface area contributed by atoms with Gasteiger partial charge in [0.1, 0.15) is 0 Å². The maximum Gasteiger partial charge on any atom is 0.313 e. The van der Waals surface area contributed by atoms with Crippen LogP contribution >= 0.6 is 0 Å². The predicted octanol–water partition coefficient (Wildman–Crippen LogP) is 1.07. The smallest absolute Gasteiger partial charge is 0.313 e. The van der Waals surface area contributed by atoms with Crippen molar-refractivity contribution in [2.24, 2.45) is 17.8 Å². The summed E-state index contributed by atoms with van der Waals surface area (Å²) in [6.45, 7) is 2.75. The summed E-state index contributed by atoms with van der Waals surface area (Å²) < 4.78 is 10.4. The molecule has 0 aromatic heterocycles. The third-order valence-corrected chi connectivity index (χ3v) is 4.99. The largest absolute Gasteiger partial charge is 0.469 e. The molecule has 3 aliphatic rings. The van der Waals surface area contributed by atoms with E-state index in [1.54, 1.807) is 0 Å². The lowest BCUT2D eigenvalue weighted by Gasteiger charge is -2.32. The summed E-state index contributed by atoms with van der Waals surface area (Å²) in [6.07, 6.45) is 3.80. The lowest BCUT2D eigenvalue weighted by molar-refractivity contribution is -0.149. The van der Waals surface area contributed by atoms with Gasteiger partial charge in [-0.3, -0.25) is 19.3 Å². The zero-order valence-corrected chi connectivity index (χ0v) is 13.6. The number of rotatable bonds is 3. The van der Waals surface area contributed by atoms with Gasteiger partial charge in [0, 0.05) is 7.05 Å². The average molecular weight is 319 g/mol. The van der Waals surface area contributed by atoms with Gasteiger partial charge in [-0.2, -0.15) is 0 Å². The number of allylic oxidation sites excluding steroid dienone is 1. The molecule has 0 bridgehead atoms. The van der Waals surface area contributed by atoms with E-state index in [2.05, 4.69) is 6.92 Å². The number of carbonyl (C=O) groups excluding carboxylic acids is 3. The number of hydrogen-bond acceptors (Lipinski definition) is 5. The van der Waals surface area contributed by atoms with E-state index < -0.39 is 23.7 Å². The molecule has 6 nitrogen and oxygen atoms in total. The molecule has 0 unspecified atom stereocenters. The maximum absolute atomic E-state index is 12.6. The van der Waals surface area contributed by atoms with E-state index >= 15 is 0 Å². The van der Waals surface area contributed by atoms with Crippen molar-refractivity contribution in [2.45, 2.75) is 19.8 Å². The molecule has 3 atom stereocenters. The van der Waals surface area contributed by atoms with Crippen LogP contribution in [0.4, 0.5) is 0 Å². The fourth-order valence-electron chi connectivity index (χ4n) is 3.86. The van der Waals surface area contributed by atoms with Crippen LogP contribution in [-0.2, 0) is 23.9 Å². The Morgan fingerprint density at radius 2 is 2.09 bits per heavy atom. The van der Waals surface area contributed by atoms with E-state index in [0.717, 1.165) is 34.5 Å². The third kappa shape index (κ3) is 2.24. The minimum atomic E-state index is -0.720. The van der Waals surface area contributed by atoms with Crippen molar-refractivity contribution >= 4 is 17.8 Å². The van der Waals surface area contributed by atoms with Gasteiger partial charge in [0.05, 0.1) is 38.1 Å². The molecule has 3 rings (SSSR count). The Bertz CT molecular complexity index is 633. The van der Waals surface area contributed by atoms with E-state index in [9.17, 15) is 14.4 Å². The van der Waals surface area contributed by atoms with E-state index in [1.165, 1.54) is 14.2 Å². The van der Waals surface area contributed by atoms with Gasteiger partial charge in [0.15, 0.2) is 0 Å². The molecule has 0 saturated carbocycles. The van der Waals surface area contributed by atoms with Crippen LogP contribution in [0, 0.1) is 17.8 Å². The van der Waals surface area contributed by atoms with E-state index in [1.807, 2.05) is 6.08 Å². The van der Waals surface area contributed by atoms with E-state index in [4.69, 9.17) is 9.47 Å². The first kappa shape index (κ1) is 15.9. The monoisotopic (exact) mass is 319 g/mol. The highest BCUT2D eigenvalue weighted by molar-refractivity contribution is 6.09. The Hall–Kier alpha value is -1.95. The summed E-state index contributed by atoms with van der Waals surface area (Å²) in [5.74, 6) is -3.04. The fourth-order valence-corrected chi connectivity index (χ4v) is 3.86. The van der Waals surface area contributed by atoms with Crippen molar-refractivity contribution in [1.82, 2.24) is 4.90 Å². The van der Waals surface area contributed by atoms with Crippen molar-refractivity contribution in [1.29, 1.82) is 0 Å². The van der Waals surface area contributed by atoms with Crippen molar-refractivity contribution < 1.29 is 23.9 Å². The van der Waals surface area contributed by atoms with Crippen molar-refractivity contribution in [3.63, 3.8) is 0 Å². The molecular formula is C17H21NO5. The summed E-state index contributed by atoms with van der Waals surface area (Å²) in [6, 6.07) is 0. The zero-order chi connectivity index (χ0) is 16.7. The Labute approximate surface area is 135 Å².